The summed E-state index contributed by atoms with van der Waals surface area (Å²) in [6, 6.07) is 26.9. The second-order valence-corrected chi connectivity index (χ2v) is 9.95. The first-order valence-corrected chi connectivity index (χ1v) is 12.8. The lowest BCUT2D eigenvalue weighted by molar-refractivity contribution is -0.114. The molecule has 0 spiro atoms. The van der Waals surface area contributed by atoms with E-state index in [1.165, 1.54) is 16.4 Å². The number of hydrogen-bond donors (Lipinski definition) is 1. The molecule has 4 aromatic rings. The summed E-state index contributed by atoms with van der Waals surface area (Å²) in [5.74, 6) is -0.419. The lowest BCUT2D eigenvalue weighted by Gasteiger charge is -2.26. The fourth-order valence-electron chi connectivity index (χ4n) is 3.85. The molecule has 0 bridgehead atoms. The van der Waals surface area contributed by atoms with Gasteiger partial charge >= 0.3 is 0 Å². The van der Waals surface area contributed by atoms with Crippen molar-refractivity contribution in [3.63, 3.8) is 0 Å². The fourth-order valence-corrected chi connectivity index (χ4v) is 5.33. The summed E-state index contributed by atoms with van der Waals surface area (Å²) in [4.78, 5) is 17.2. The number of aromatic nitrogens is 1. The van der Waals surface area contributed by atoms with Crippen molar-refractivity contribution in [2.45, 2.75) is 24.7 Å². The van der Waals surface area contributed by atoms with Gasteiger partial charge < -0.3 is 5.32 Å². The van der Waals surface area contributed by atoms with Gasteiger partial charge in [-0.2, -0.15) is 0 Å². The second-order valence-electron chi connectivity index (χ2n) is 8.08. The van der Waals surface area contributed by atoms with Gasteiger partial charge in [-0.3, -0.25) is 14.1 Å². The van der Waals surface area contributed by atoms with Crippen LogP contribution in [-0.4, -0.2) is 25.9 Å². The molecule has 0 aliphatic heterocycles. The molecule has 0 unspecified atom stereocenters. The van der Waals surface area contributed by atoms with Crippen LogP contribution in [0.15, 0.2) is 108 Å². The molecule has 0 atom stereocenters. The molecule has 178 valence electrons. The van der Waals surface area contributed by atoms with Crippen LogP contribution in [-0.2, 0) is 27.7 Å². The molecular formula is C28H27N3O3S. The molecule has 0 radical (unpaired) electrons. The van der Waals surface area contributed by atoms with Crippen LogP contribution in [0.25, 0.3) is 0 Å². The van der Waals surface area contributed by atoms with Crippen molar-refractivity contribution < 1.29 is 13.2 Å². The number of sulfonamides is 1. The predicted octanol–water partition coefficient (Wildman–Crippen LogP) is 5.07. The first kappa shape index (κ1) is 24.2. The normalized spacial score (nSPS) is 11.1. The standard InChI is InChI=1S/C28H27N3O3S/c1-2-24-8-6-7-11-27(24)31(35(33,34)26-9-4-3-5-10-26)21-28(32)30-25-14-12-22(13-15-25)20-23-16-18-29-19-17-23/h3-19H,2,20-21H2,1H3,(H,30,32). The monoisotopic (exact) mass is 485 g/mol. The van der Waals surface area contributed by atoms with E-state index in [0.717, 1.165) is 23.1 Å². The molecule has 1 N–H and O–H groups in total. The third kappa shape index (κ3) is 5.94. The zero-order chi connectivity index (χ0) is 24.7. The van der Waals surface area contributed by atoms with E-state index in [2.05, 4.69) is 10.3 Å². The summed E-state index contributed by atoms with van der Waals surface area (Å²) < 4.78 is 28.3. The average molecular weight is 486 g/mol. The van der Waals surface area contributed by atoms with Gasteiger partial charge in [-0.15, -0.1) is 0 Å². The maximum atomic E-state index is 13.5. The van der Waals surface area contributed by atoms with Gasteiger partial charge in [-0.05, 0) is 72.0 Å². The van der Waals surface area contributed by atoms with E-state index in [-0.39, 0.29) is 11.4 Å². The quantitative estimate of drug-likeness (QED) is 0.359. The van der Waals surface area contributed by atoms with Crippen molar-refractivity contribution in [2.24, 2.45) is 0 Å². The maximum Gasteiger partial charge on any atom is 0.264 e. The Morgan fingerprint density at radius 3 is 2.14 bits per heavy atom. The molecule has 4 rings (SSSR count). The number of hydrogen-bond acceptors (Lipinski definition) is 4. The zero-order valence-electron chi connectivity index (χ0n) is 19.5. The maximum absolute atomic E-state index is 13.5. The number of rotatable bonds is 9. The van der Waals surface area contributed by atoms with Crippen molar-refractivity contribution in [3.8, 4) is 0 Å². The van der Waals surface area contributed by atoms with Crippen LogP contribution in [0.4, 0.5) is 11.4 Å². The molecule has 6 nitrogen and oxygen atoms in total. The third-order valence-electron chi connectivity index (χ3n) is 5.65. The van der Waals surface area contributed by atoms with Gasteiger partial charge in [-0.25, -0.2) is 8.42 Å². The van der Waals surface area contributed by atoms with Crippen molar-refractivity contribution in [1.82, 2.24) is 4.98 Å². The highest BCUT2D eigenvalue weighted by Crippen LogP contribution is 2.27. The summed E-state index contributed by atoms with van der Waals surface area (Å²) >= 11 is 0. The van der Waals surface area contributed by atoms with Crippen molar-refractivity contribution in [1.29, 1.82) is 0 Å². The summed E-state index contributed by atoms with van der Waals surface area (Å²) in [5, 5.41) is 2.84. The molecule has 35 heavy (non-hydrogen) atoms. The molecule has 0 aliphatic rings. The van der Waals surface area contributed by atoms with Crippen LogP contribution in [0, 0.1) is 0 Å². The topological polar surface area (TPSA) is 79.4 Å². The summed E-state index contributed by atoms with van der Waals surface area (Å²) in [6.45, 7) is 1.62. The molecular weight excluding hydrogens is 458 g/mol. The largest absolute Gasteiger partial charge is 0.325 e. The Morgan fingerprint density at radius 1 is 0.829 bits per heavy atom. The number of pyridine rings is 1. The lowest BCUT2D eigenvalue weighted by Crippen LogP contribution is -2.38. The minimum Gasteiger partial charge on any atom is -0.325 e. The number of anilines is 2. The highest BCUT2D eigenvalue weighted by Gasteiger charge is 2.28. The third-order valence-corrected chi connectivity index (χ3v) is 7.43. The van der Waals surface area contributed by atoms with Crippen LogP contribution < -0.4 is 9.62 Å². The van der Waals surface area contributed by atoms with Crippen LogP contribution in [0.2, 0.25) is 0 Å². The van der Waals surface area contributed by atoms with Gasteiger partial charge in [0.05, 0.1) is 10.6 Å². The number of nitrogens with zero attached hydrogens (tertiary/aromatic N) is 2. The lowest BCUT2D eigenvalue weighted by atomic mass is 10.1. The average Bonchev–Trinajstić information content (AvgIpc) is 2.89. The van der Waals surface area contributed by atoms with Gasteiger partial charge in [0.15, 0.2) is 0 Å². The first-order chi connectivity index (χ1) is 17.0. The number of aryl methyl sites for hydroxylation is 1. The Balaban J connectivity index is 1.55. The molecule has 1 heterocycles. The summed E-state index contributed by atoms with van der Waals surface area (Å²) in [7, 11) is -3.95. The summed E-state index contributed by atoms with van der Waals surface area (Å²) in [5.41, 5.74) is 4.20. The minimum absolute atomic E-state index is 0.138. The van der Waals surface area contributed by atoms with Crippen LogP contribution >= 0.6 is 0 Å². The molecule has 7 heteroatoms. The highest BCUT2D eigenvalue weighted by atomic mass is 32.2. The van der Waals surface area contributed by atoms with Gasteiger partial charge in [0.2, 0.25) is 5.91 Å². The molecule has 0 saturated carbocycles. The number of nitrogens with one attached hydrogen (secondary N) is 1. The number of amides is 1. The molecule has 0 fully saturated rings. The second kappa shape index (κ2) is 11.0. The van der Waals surface area contributed by atoms with Crippen molar-refractivity contribution >= 4 is 27.3 Å². The van der Waals surface area contributed by atoms with Crippen LogP contribution in [0.1, 0.15) is 23.6 Å². The molecule has 0 aliphatic carbocycles. The number of para-hydroxylation sites is 1. The summed E-state index contributed by atoms with van der Waals surface area (Å²) in [6.07, 6.45) is 4.91. The highest BCUT2D eigenvalue weighted by molar-refractivity contribution is 7.92. The molecule has 1 amide bonds. The van der Waals surface area contributed by atoms with Crippen LogP contribution in [0.5, 0.6) is 0 Å². The Kier molecular flexibility index (Phi) is 7.57. The van der Waals surface area contributed by atoms with Gasteiger partial charge in [-0.1, -0.05) is 55.5 Å². The Morgan fingerprint density at radius 2 is 1.46 bits per heavy atom. The SMILES string of the molecule is CCc1ccccc1N(CC(=O)Nc1ccc(Cc2ccncc2)cc1)S(=O)(=O)c1ccccc1. The minimum atomic E-state index is -3.95. The van der Waals surface area contributed by atoms with E-state index in [4.69, 9.17) is 0 Å². The predicted molar refractivity (Wildman–Crippen MR) is 139 cm³/mol. The van der Waals surface area contributed by atoms with E-state index < -0.39 is 15.9 Å². The smallest absolute Gasteiger partial charge is 0.264 e. The van der Waals surface area contributed by atoms with Gasteiger partial charge in [0.25, 0.3) is 10.0 Å². The number of benzene rings is 3. The molecule has 0 saturated heterocycles. The number of carbonyl (C=O) groups excluding carboxylic acids is 1. The van der Waals surface area contributed by atoms with Crippen LogP contribution in [0.3, 0.4) is 0 Å². The van der Waals surface area contributed by atoms with E-state index in [9.17, 15) is 13.2 Å². The van der Waals surface area contributed by atoms with E-state index in [1.54, 1.807) is 42.7 Å². The number of carbonyl (C=O) groups is 1. The fraction of sp³-hybridized carbons (Fsp3) is 0.143. The molecule has 1 aromatic heterocycles. The van der Waals surface area contributed by atoms with Gasteiger partial charge in [0.1, 0.15) is 6.54 Å². The Labute approximate surface area is 206 Å². The first-order valence-electron chi connectivity index (χ1n) is 11.4. The van der Waals surface area contributed by atoms with E-state index >= 15 is 0 Å². The van der Waals surface area contributed by atoms with Crippen molar-refractivity contribution in [3.05, 3.63) is 120 Å². The van der Waals surface area contributed by atoms with Gasteiger partial charge in [0, 0.05) is 18.1 Å². The zero-order valence-corrected chi connectivity index (χ0v) is 20.3. The Hall–Kier alpha value is -3.97. The molecule has 3 aromatic carbocycles. The van der Waals surface area contributed by atoms with E-state index in [1.807, 2.05) is 55.5 Å². The van der Waals surface area contributed by atoms with Crippen molar-refractivity contribution in [2.75, 3.05) is 16.2 Å². The Bertz CT molecular complexity index is 1370. The van der Waals surface area contributed by atoms with E-state index in [0.29, 0.717) is 17.8 Å².